The van der Waals surface area contributed by atoms with Crippen molar-refractivity contribution in [2.45, 2.75) is 32.9 Å². The highest BCUT2D eigenvalue weighted by molar-refractivity contribution is 6.02. The number of morpholine rings is 1. The molecule has 31 heavy (non-hydrogen) atoms. The molecular weight excluding hydrogens is 392 g/mol. The summed E-state index contributed by atoms with van der Waals surface area (Å²) in [6.45, 7) is 8.85. The number of hydrogen-bond acceptors (Lipinski definition) is 5. The number of benzene rings is 2. The van der Waals surface area contributed by atoms with Crippen molar-refractivity contribution in [3.63, 3.8) is 0 Å². The zero-order valence-electron chi connectivity index (χ0n) is 18.2. The number of amides is 1. The number of ether oxygens (including phenoxy) is 3. The second-order valence-corrected chi connectivity index (χ2v) is 7.97. The SMILES string of the molecule is CCOc1cc2c(cc1/C=C/C(=O)Nc1cccc(CN3CCOCC3)c1)OC(C)C2. The van der Waals surface area contributed by atoms with E-state index in [1.54, 1.807) is 6.08 Å². The summed E-state index contributed by atoms with van der Waals surface area (Å²) in [4.78, 5) is 14.9. The average Bonchev–Trinajstić information content (AvgIpc) is 3.12. The first-order chi connectivity index (χ1) is 15.1. The quantitative estimate of drug-likeness (QED) is 0.686. The highest BCUT2D eigenvalue weighted by Crippen LogP contribution is 2.35. The predicted molar refractivity (Wildman–Crippen MR) is 122 cm³/mol. The number of carbonyl (C=O) groups is 1. The van der Waals surface area contributed by atoms with Gasteiger partial charge in [0.1, 0.15) is 17.6 Å². The van der Waals surface area contributed by atoms with Crippen LogP contribution in [0.2, 0.25) is 0 Å². The minimum atomic E-state index is -0.180. The summed E-state index contributed by atoms with van der Waals surface area (Å²) in [7, 11) is 0. The molecule has 0 saturated carbocycles. The number of hydrogen-bond donors (Lipinski definition) is 1. The van der Waals surface area contributed by atoms with E-state index in [2.05, 4.69) is 23.2 Å². The Hall–Kier alpha value is -2.83. The molecule has 1 N–H and O–H groups in total. The van der Waals surface area contributed by atoms with Crippen LogP contribution >= 0.6 is 0 Å². The Morgan fingerprint density at radius 1 is 1.26 bits per heavy atom. The molecule has 0 bridgehead atoms. The fraction of sp³-hybridized carbons (Fsp3) is 0.400. The minimum absolute atomic E-state index is 0.164. The molecule has 1 unspecified atom stereocenters. The van der Waals surface area contributed by atoms with E-state index in [4.69, 9.17) is 14.2 Å². The average molecular weight is 423 g/mol. The molecule has 4 rings (SSSR count). The summed E-state index contributed by atoms with van der Waals surface area (Å²) < 4.78 is 17.0. The molecule has 2 heterocycles. The maximum Gasteiger partial charge on any atom is 0.248 e. The lowest BCUT2D eigenvalue weighted by molar-refractivity contribution is -0.111. The van der Waals surface area contributed by atoms with Gasteiger partial charge in [-0.3, -0.25) is 9.69 Å². The zero-order chi connectivity index (χ0) is 21.6. The van der Waals surface area contributed by atoms with Crippen molar-refractivity contribution in [2.75, 3.05) is 38.2 Å². The van der Waals surface area contributed by atoms with Crippen LogP contribution in [0.4, 0.5) is 5.69 Å². The van der Waals surface area contributed by atoms with E-state index in [9.17, 15) is 4.79 Å². The van der Waals surface area contributed by atoms with Crippen molar-refractivity contribution in [1.29, 1.82) is 0 Å². The maximum atomic E-state index is 12.5. The van der Waals surface area contributed by atoms with Gasteiger partial charge in [0.25, 0.3) is 0 Å². The first kappa shape index (κ1) is 21.4. The first-order valence-electron chi connectivity index (χ1n) is 10.9. The molecule has 6 heteroatoms. The van der Waals surface area contributed by atoms with E-state index < -0.39 is 0 Å². The third-order valence-corrected chi connectivity index (χ3v) is 5.45. The second-order valence-electron chi connectivity index (χ2n) is 7.97. The van der Waals surface area contributed by atoms with Crippen LogP contribution in [-0.4, -0.2) is 49.8 Å². The molecule has 0 aromatic heterocycles. The molecule has 0 aliphatic carbocycles. The van der Waals surface area contributed by atoms with E-state index in [0.29, 0.717) is 6.61 Å². The fourth-order valence-electron chi connectivity index (χ4n) is 3.98. The van der Waals surface area contributed by atoms with Crippen molar-refractivity contribution in [3.05, 3.63) is 59.2 Å². The van der Waals surface area contributed by atoms with Gasteiger partial charge in [0.15, 0.2) is 0 Å². The Labute approximate surface area is 183 Å². The van der Waals surface area contributed by atoms with Crippen LogP contribution < -0.4 is 14.8 Å². The minimum Gasteiger partial charge on any atom is -0.493 e. The van der Waals surface area contributed by atoms with Gasteiger partial charge in [-0.25, -0.2) is 0 Å². The summed E-state index contributed by atoms with van der Waals surface area (Å²) in [5, 5.41) is 2.96. The van der Waals surface area contributed by atoms with Crippen LogP contribution in [0.25, 0.3) is 6.08 Å². The molecule has 164 valence electrons. The molecule has 1 fully saturated rings. The predicted octanol–water partition coefficient (Wildman–Crippen LogP) is 3.89. The fourth-order valence-corrected chi connectivity index (χ4v) is 3.98. The summed E-state index contributed by atoms with van der Waals surface area (Å²) >= 11 is 0. The van der Waals surface area contributed by atoms with Crippen molar-refractivity contribution in [2.24, 2.45) is 0 Å². The van der Waals surface area contributed by atoms with Gasteiger partial charge in [0.05, 0.1) is 19.8 Å². The molecule has 6 nitrogen and oxygen atoms in total. The highest BCUT2D eigenvalue weighted by atomic mass is 16.5. The number of nitrogens with zero attached hydrogens (tertiary/aromatic N) is 1. The molecule has 1 saturated heterocycles. The van der Waals surface area contributed by atoms with Gasteiger partial charge in [-0.05, 0) is 49.8 Å². The largest absolute Gasteiger partial charge is 0.493 e. The van der Waals surface area contributed by atoms with Crippen LogP contribution in [0.1, 0.15) is 30.5 Å². The Morgan fingerprint density at radius 2 is 2.10 bits per heavy atom. The van der Waals surface area contributed by atoms with Crippen LogP contribution in [-0.2, 0) is 22.5 Å². The van der Waals surface area contributed by atoms with Crippen LogP contribution in [0, 0.1) is 0 Å². The van der Waals surface area contributed by atoms with Gasteiger partial charge in [0.2, 0.25) is 5.91 Å². The molecule has 1 atom stereocenters. The molecule has 0 spiro atoms. The van der Waals surface area contributed by atoms with Crippen molar-refractivity contribution >= 4 is 17.7 Å². The third kappa shape index (κ3) is 5.66. The number of fused-ring (bicyclic) bond motifs is 1. The Kier molecular flexibility index (Phi) is 6.89. The van der Waals surface area contributed by atoms with Gasteiger partial charge in [-0.15, -0.1) is 0 Å². The number of anilines is 1. The van der Waals surface area contributed by atoms with E-state index in [0.717, 1.165) is 67.6 Å². The van der Waals surface area contributed by atoms with E-state index in [1.165, 1.54) is 11.6 Å². The van der Waals surface area contributed by atoms with E-state index in [1.807, 2.05) is 37.3 Å². The Morgan fingerprint density at radius 3 is 2.90 bits per heavy atom. The highest BCUT2D eigenvalue weighted by Gasteiger charge is 2.21. The third-order valence-electron chi connectivity index (χ3n) is 5.45. The van der Waals surface area contributed by atoms with E-state index >= 15 is 0 Å². The summed E-state index contributed by atoms with van der Waals surface area (Å²) in [5.41, 5.74) is 3.95. The van der Waals surface area contributed by atoms with Gasteiger partial charge >= 0.3 is 0 Å². The lowest BCUT2D eigenvalue weighted by Gasteiger charge is -2.26. The molecule has 1 amide bonds. The van der Waals surface area contributed by atoms with Crippen LogP contribution in [0.3, 0.4) is 0 Å². The van der Waals surface area contributed by atoms with Gasteiger partial charge in [0, 0.05) is 48.9 Å². The van der Waals surface area contributed by atoms with Gasteiger partial charge in [-0.2, -0.15) is 0 Å². The first-order valence-corrected chi connectivity index (χ1v) is 10.9. The number of rotatable bonds is 7. The Bertz CT molecular complexity index is 951. The lowest BCUT2D eigenvalue weighted by Crippen LogP contribution is -2.35. The summed E-state index contributed by atoms with van der Waals surface area (Å²) in [6.07, 6.45) is 4.36. The molecular formula is C25H30N2O4. The molecule has 2 aromatic rings. The van der Waals surface area contributed by atoms with Crippen molar-refractivity contribution in [1.82, 2.24) is 4.90 Å². The summed E-state index contributed by atoms with van der Waals surface area (Å²) in [6, 6.07) is 12.0. The standard InChI is InChI=1S/C25H30N2O4/c1-3-30-23-16-21-13-18(2)31-24(21)15-20(23)7-8-25(28)26-22-6-4-5-19(14-22)17-27-9-11-29-12-10-27/h4-8,14-16,18H,3,9-13,17H2,1-2H3,(H,26,28)/b8-7+. The second kappa shape index (κ2) is 9.98. The molecule has 0 radical (unpaired) electrons. The molecule has 2 aliphatic heterocycles. The lowest BCUT2D eigenvalue weighted by atomic mass is 10.1. The number of nitrogens with one attached hydrogen (secondary N) is 1. The normalized spacial score (nSPS) is 18.6. The topological polar surface area (TPSA) is 60.0 Å². The molecule has 2 aliphatic rings. The van der Waals surface area contributed by atoms with Crippen LogP contribution in [0.5, 0.6) is 11.5 Å². The van der Waals surface area contributed by atoms with Gasteiger partial charge < -0.3 is 19.5 Å². The van der Waals surface area contributed by atoms with Crippen molar-refractivity contribution < 1.29 is 19.0 Å². The van der Waals surface area contributed by atoms with Gasteiger partial charge in [-0.1, -0.05) is 12.1 Å². The van der Waals surface area contributed by atoms with Crippen molar-refractivity contribution in [3.8, 4) is 11.5 Å². The number of carbonyl (C=O) groups excluding carboxylic acids is 1. The maximum absolute atomic E-state index is 12.5. The monoisotopic (exact) mass is 422 g/mol. The zero-order valence-corrected chi connectivity index (χ0v) is 18.2. The summed E-state index contributed by atoms with van der Waals surface area (Å²) in [5.74, 6) is 1.46. The Balaban J connectivity index is 1.42. The smallest absolute Gasteiger partial charge is 0.248 e. The van der Waals surface area contributed by atoms with E-state index in [-0.39, 0.29) is 12.0 Å². The van der Waals surface area contributed by atoms with Crippen LogP contribution in [0.15, 0.2) is 42.5 Å². The molecule has 2 aromatic carbocycles.